The lowest BCUT2D eigenvalue weighted by Crippen LogP contribution is -2.19. The van der Waals surface area contributed by atoms with Crippen LogP contribution >= 0.6 is 0 Å². The van der Waals surface area contributed by atoms with Crippen LogP contribution in [0.4, 0.5) is 0 Å². The Kier molecular flexibility index (Phi) is 5.30. The molecule has 0 aliphatic carbocycles. The molecule has 0 atom stereocenters. The molecular formula is C22H31S+. The molecule has 0 bridgehead atoms. The number of thiol groups is 1. The first kappa shape index (κ1) is 18.1. The van der Waals surface area contributed by atoms with Gasteiger partial charge in [0.05, 0.1) is 0 Å². The van der Waals surface area contributed by atoms with Crippen LogP contribution in [0.3, 0.4) is 0 Å². The Labute approximate surface area is 146 Å². The van der Waals surface area contributed by atoms with Gasteiger partial charge in [0.25, 0.3) is 0 Å². The lowest BCUT2D eigenvalue weighted by molar-refractivity contribution is 0.589. The van der Waals surface area contributed by atoms with Gasteiger partial charge in [0.2, 0.25) is 0 Å². The first-order valence-corrected chi connectivity index (χ1v) is 9.43. The quantitative estimate of drug-likeness (QED) is 0.462. The van der Waals surface area contributed by atoms with Crippen LogP contribution in [0.1, 0.15) is 71.1 Å². The van der Waals surface area contributed by atoms with Crippen LogP contribution in [0.25, 0.3) is 0 Å². The third-order valence-corrected chi connectivity index (χ3v) is 5.80. The number of rotatable bonds is 4. The first-order chi connectivity index (χ1) is 10.6. The molecule has 0 heterocycles. The average molecular weight is 328 g/mol. The lowest BCUT2D eigenvalue weighted by atomic mass is 9.87. The molecule has 0 nitrogen and oxygen atoms in total. The second-order valence-electron chi connectivity index (χ2n) is 8.24. The molecule has 0 saturated heterocycles. The molecular weight excluding hydrogens is 296 g/mol. The molecule has 23 heavy (non-hydrogen) atoms. The summed E-state index contributed by atoms with van der Waals surface area (Å²) in [6, 6.07) is 18.3. The average Bonchev–Trinajstić information content (AvgIpc) is 2.46. The Balaban J connectivity index is 2.17. The van der Waals surface area contributed by atoms with Crippen molar-refractivity contribution >= 4 is 11.8 Å². The molecule has 1 heteroatoms. The minimum Gasteiger partial charge on any atom is -0.0587 e. The predicted octanol–water partition coefficient (Wildman–Crippen LogP) is 6.22. The van der Waals surface area contributed by atoms with E-state index in [4.69, 9.17) is 0 Å². The molecule has 2 aromatic carbocycles. The summed E-state index contributed by atoms with van der Waals surface area (Å²) < 4.78 is 0.124. The van der Waals surface area contributed by atoms with Gasteiger partial charge in [-0.2, -0.15) is 0 Å². The van der Waals surface area contributed by atoms with Gasteiger partial charge in [-0.15, -0.1) is 0 Å². The van der Waals surface area contributed by atoms with Gasteiger partial charge in [0, 0.05) is 17.3 Å². The van der Waals surface area contributed by atoms with Gasteiger partial charge < -0.3 is 0 Å². The zero-order chi connectivity index (χ0) is 17.3. The minimum absolute atomic E-state index is 0.124. The van der Waals surface area contributed by atoms with E-state index in [0.717, 1.165) is 0 Å². The highest BCUT2D eigenvalue weighted by Crippen LogP contribution is 2.31. The zero-order valence-corrected chi connectivity index (χ0v) is 16.5. The number of benzene rings is 2. The van der Waals surface area contributed by atoms with Crippen molar-refractivity contribution in [2.45, 2.75) is 69.4 Å². The molecule has 0 fully saturated rings. The van der Waals surface area contributed by atoms with Crippen LogP contribution in [-0.4, -0.2) is 0 Å². The van der Waals surface area contributed by atoms with Gasteiger partial charge in [-0.3, -0.25) is 0 Å². The van der Waals surface area contributed by atoms with Crippen molar-refractivity contribution in [2.75, 3.05) is 0 Å². The SMILES string of the molecule is CC(C)c1ccc(C(C)(C)[SH+]c2ccc(C(C)(C)C)cc2)cc1. The van der Waals surface area contributed by atoms with Crippen molar-refractivity contribution in [3.63, 3.8) is 0 Å². The summed E-state index contributed by atoms with van der Waals surface area (Å²) >= 11 is 1.36. The second-order valence-corrected chi connectivity index (χ2v) is 10.1. The van der Waals surface area contributed by atoms with E-state index in [9.17, 15) is 0 Å². The Morgan fingerprint density at radius 1 is 0.696 bits per heavy atom. The first-order valence-electron chi connectivity index (χ1n) is 8.53. The lowest BCUT2D eigenvalue weighted by Gasteiger charge is -2.20. The molecule has 0 aliphatic rings. The van der Waals surface area contributed by atoms with Crippen molar-refractivity contribution in [1.82, 2.24) is 0 Å². The van der Waals surface area contributed by atoms with Crippen molar-refractivity contribution in [1.29, 1.82) is 0 Å². The fourth-order valence-electron chi connectivity index (χ4n) is 2.70. The topological polar surface area (TPSA) is 0 Å². The van der Waals surface area contributed by atoms with Crippen LogP contribution in [-0.2, 0) is 21.9 Å². The summed E-state index contributed by atoms with van der Waals surface area (Å²) in [5.74, 6) is 0.592. The van der Waals surface area contributed by atoms with E-state index < -0.39 is 0 Å². The maximum atomic E-state index is 2.33. The predicted molar refractivity (Wildman–Crippen MR) is 106 cm³/mol. The molecule has 0 aliphatic heterocycles. The van der Waals surface area contributed by atoms with Gasteiger partial charge in [-0.25, -0.2) is 0 Å². The van der Waals surface area contributed by atoms with Gasteiger partial charge in [0.1, 0.15) is 0 Å². The van der Waals surface area contributed by atoms with Crippen LogP contribution in [0, 0.1) is 0 Å². The minimum atomic E-state index is 0.124. The molecule has 0 saturated carbocycles. The third-order valence-electron chi connectivity index (χ3n) is 4.43. The molecule has 0 N–H and O–H groups in total. The van der Waals surface area contributed by atoms with Crippen molar-refractivity contribution in [3.8, 4) is 0 Å². The third kappa shape index (κ3) is 4.64. The molecule has 0 amide bonds. The van der Waals surface area contributed by atoms with Crippen LogP contribution in [0.2, 0.25) is 0 Å². The number of hydrogen-bond acceptors (Lipinski definition) is 0. The highest BCUT2D eigenvalue weighted by Gasteiger charge is 2.30. The zero-order valence-electron chi connectivity index (χ0n) is 15.6. The van der Waals surface area contributed by atoms with Crippen LogP contribution < -0.4 is 0 Å². The highest BCUT2D eigenvalue weighted by molar-refractivity contribution is 7.79. The van der Waals surface area contributed by atoms with E-state index in [0.29, 0.717) is 5.92 Å². The Bertz CT molecular complexity index is 625. The summed E-state index contributed by atoms with van der Waals surface area (Å²) in [5.41, 5.74) is 4.44. The standard InChI is InChI=1S/C22H30S/c1-16(2)17-8-10-19(11-9-17)22(6,7)23-20-14-12-18(13-15-20)21(3,4)5/h8-16H,1-7H3/p+1. The van der Waals surface area contributed by atoms with E-state index in [1.165, 1.54) is 33.3 Å². The second kappa shape index (κ2) is 6.73. The summed E-state index contributed by atoms with van der Waals surface area (Å²) in [6.07, 6.45) is 0. The van der Waals surface area contributed by atoms with Crippen molar-refractivity contribution < 1.29 is 0 Å². The summed E-state index contributed by atoms with van der Waals surface area (Å²) in [5, 5.41) is 0. The fourth-order valence-corrected chi connectivity index (χ4v) is 3.92. The van der Waals surface area contributed by atoms with Crippen LogP contribution in [0.5, 0.6) is 0 Å². The molecule has 2 aromatic rings. The van der Waals surface area contributed by atoms with Crippen molar-refractivity contribution in [2.24, 2.45) is 0 Å². The van der Waals surface area contributed by atoms with Crippen molar-refractivity contribution in [3.05, 3.63) is 65.2 Å². The molecule has 0 spiro atoms. The summed E-state index contributed by atoms with van der Waals surface area (Å²) in [4.78, 5) is 1.39. The van der Waals surface area contributed by atoms with E-state index in [1.807, 2.05) is 0 Å². The maximum Gasteiger partial charge on any atom is 0.153 e. The molecule has 0 aromatic heterocycles. The molecule has 0 radical (unpaired) electrons. The molecule has 2 rings (SSSR count). The molecule has 0 unspecified atom stereocenters. The van der Waals surface area contributed by atoms with Gasteiger partial charge in [0.15, 0.2) is 9.64 Å². The monoisotopic (exact) mass is 327 g/mol. The maximum absolute atomic E-state index is 2.33. The summed E-state index contributed by atoms with van der Waals surface area (Å²) in [6.45, 7) is 15.9. The van der Waals surface area contributed by atoms with Gasteiger partial charge >= 0.3 is 0 Å². The van der Waals surface area contributed by atoms with E-state index in [2.05, 4.69) is 97.0 Å². The molecule has 124 valence electrons. The van der Waals surface area contributed by atoms with Crippen LogP contribution in [0.15, 0.2) is 53.4 Å². The largest absolute Gasteiger partial charge is 0.153 e. The Morgan fingerprint density at radius 2 is 1.17 bits per heavy atom. The Hall–Kier alpha value is -1.21. The summed E-state index contributed by atoms with van der Waals surface area (Å²) in [7, 11) is 0. The number of hydrogen-bond donors (Lipinski definition) is 0. The van der Waals surface area contributed by atoms with Gasteiger partial charge in [-0.05, 0) is 48.4 Å². The normalized spacial score (nSPS) is 12.7. The van der Waals surface area contributed by atoms with E-state index in [-0.39, 0.29) is 10.2 Å². The van der Waals surface area contributed by atoms with E-state index in [1.54, 1.807) is 0 Å². The highest BCUT2D eigenvalue weighted by atomic mass is 32.2. The Morgan fingerprint density at radius 3 is 1.61 bits per heavy atom. The fraction of sp³-hybridized carbons (Fsp3) is 0.455. The smallest absolute Gasteiger partial charge is 0.0587 e. The van der Waals surface area contributed by atoms with Gasteiger partial charge in [-0.1, -0.05) is 71.0 Å². The van der Waals surface area contributed by atoms with E-state index >= 15 is 0 Å².